The molecule has 0 N–H and O–H groups in total. The lowest BCUT2D eigenvalue weighted by Crippen LogP contribution is -1.98. The van der Waals surface area contributed by atoms with Crippen molar-refractivity contribution in [1.29, 1.82) is 0 Å². The van der Waals surface area contributed by atoms with Gasteiger partial charge in [-0.2, -0.15) is 0 Å². The van der Waals surface area contributed by atoms with Crippen molar-refractivity contribution in [3.05, 3.63) is 47.4 Å². The predicted molar refractivity (Wildman–Crippen MR) is 80.9 cm³/mol. The molecule has 3 nitrogen and oxygen atoms in total. The number of rotatable bonds is 3. The van der Waals surface area contributed by atoms with Crippen LogP contribution in [-0.4, -0.2) is 13.2 Å². The summed E-state index contributed by atoms with van der Waals surface area (Å²) in [7, 11) is 0. The number of aryl methyl sites for hydroxylation is 1. The highest BCUT2D eigenvalue weighted by molar-refractivity contribution is 9.09. The van der Waals surface area contributed by atoms with E-state index in [1.807, 2.05) is 18.2 Å². The highest BCUT2D eigenvalue weighted by Crippen LogP contribution is 2.38. The van der Waals surface area contributed by atoms with Gasteiger partial charge in [-0.15, -0.1) is 0 Å². The first-order valence-electron chi connectivity index (χ1n) is 6.89. The molecule has 0 fully saturated rings. The Hall–Kier alpha value is -1.42. The van der Waals surface area contributed by atoms with Crippen LogP contribution in [0.5, 0.6) is 11.5 Å². The molecule has 1 aromatic carbocycles. The number of alkyl halides is 1. The summed E-state index contributed by atoms with van der Waals surface area (Å²) >= 11 is 3.76. The second-order valence-electron chi connectivity index (χ2n) is 4.77. The van der Waals surface area contributed by atoms with E-state index < -0.39 is 0 Å². The van der Waals surface area contributed by atoms with Crippen LogP contribution >= 0.6 is 15.9 Å². The zero-order valence-corrected chi connectivity index (χ0v) is 13.0. The van der Waals surface area contributed by atoms with Crippen LogP contribution < -0.4 is 9.47 Å². The SMILES string of the molecule is CCc1occc1C(Br)c1ccc2c(c1)OCCCO2. The van der Waals surface area contributed by atoms with Crippen molar-refractivity contribution in [2.45, 2.75) is 24.6 Å². The van der Waals surface area contributed by atoms with E-state index >= 15 is 0 Å². The first kappa shape index (κ1) is 13.6. The smallest absolute Gasteiger partial charge is 0.161 e. The number of furan rings is 1. The molecule has 0 bridgehead atoms. The third kappa shape index (κ3) is 2.57. The van der Waals surface area contributed by atoms with Crippen molar-refractivity contribution < 1.29 is 13.9 Å². The topological polar surface area (TPSA) is 31.6 Å². The van der Waals surface area contributed by atoms with E-state index in [9.17, 15) is 0 Å². The Kier molecular flexibility index (Phi) is 4.01. The molecule has 2 heterocycles. The second kappa shape index (κ2) is 5.92. The monoisotopic (exact) mass is 336 g/mol. The Morgan fingerprint density at radius 2 is 1.95 bits per heavy atom. The van der Waals surface area contributed by atoms with Gasteiger partial charge in [-0.3, -0.25) is 0 Å². The summed E-state index contributed by atoms with van der Waals surface area (Å²) < 4.78 is 16.9. The molecule has 2 aromatic rings. The van der Waals surface area contributed by atoms with E-state index in [-0.39, 0.29) is 4.83 Å². The maximum absolute atomic E-state index is 5.74. The quantitative estimate of drug-likeness (QED) is 0.774. The van der Waals surface area contributed by atoms with Gasteiger partial charge in [0.2, 0.25) is 0 Å². The van der Waals surface area contributed by atoms with Crippen LogP contribution in [0.25, 0.3) is 0 Å². The third-order valence-electron chi connectivity index (χ3n) is 3.44. The summed E-state index contributed by atoms with van der Waals surface area (Å²) in [6.45, 7) is 3.51. The zero-order valence-electron chi connectivity index (χ0n) is 11.4. The van der Waals surface area contributed by atoms with Gasteiger partial charge in [0.25, 0.3) is 0 Å². The Morgan fingerprint density at radius 3 is 2.75 bits per heavy atom. The largest absolute Gasteiger partial charge is 0.490 e. The lowest BCUT2D eigenvalue weighted by Gasteiger charge is -2.13. The van der Waals surface area contributed by atoms with Crippen molar-refractivity contribution in [2.75, 3.05) is 13.2 Å². The van der Waals surface area contributed by atoms with E-state index in [1.165, 1.54) is 5.56 Å². The Morgan fingerprint density at radius 1 is 1.15 bits per heavy atom. The molecule has 0 saturated heterocycles. The van der Waals surface area contributed by atoms with Crippen molar-refractivity contribution >= 4 is 15.9 Å². The van der Waals surface area contributed by atoms with E-state index in [4.69, 9.17) is 13.9 Å². The molecule has 1 aromatic heterocycles. The molecule has 0 aliphatic carbocycles. The first-order chi connectivity index (χ1) is 9.79. The summed E-state index contributed by atoms with van der Waals surface area (Å²) in [4.78, 5) is 0.105. The minimum Gasteiger partial charge on any atom is -0.490 e. The molecule has 1 aliphatic rings. The molecule has 0 saturated carbocycles. The number of hydrogen-bond acceptors (Lipinski definition) is 3. The molecule has 1 unspecified atom stereocenters. The first-order valence-corrected chi connectivity index (χ1v) is 7.81. The summed E-state index contributed by atoms with van der Waals surface area (Å²) in [5, 5.41) is 0. The summed E-state index contributed by atoms with van der Waals surface area (Å²) in [6, 6.07) is 8.11. The molecule has 1 atom stereocenters. The van der Waals surface area contributed by atoms with E-state index in [2.05, 4.69) is 28.9 Å². The van der Waals surface area contributed by atoms with Crippen LogP contribution in [0.1, 0.15) is 35.1 Å². The fourth-order valence-corrected chi connectivity index (χ4v) is 3.07. The van der Waals surface area contributed by atoms with Gasteiger partial charge in [-0.25, -0.2) is 0 Å². The highest BCUT2D eigenvalue weighted by atomic mass is 79.9. The third-order valence-corrected chi connectivity index (χ3v) is 4.46. The van der Waals surface area contributed by atoms with Crippen molar-refractivity contribution in [3.63, 3.8) is 0 Å². The molecule has 4 heteroatoms. The molecule has 3 rings (SSSR count). The maximum atomic E-state index is 5.74. The van der Waals surface area contributed by atoms with Gasteiger partial charge in [-0.05, 0) is 23.8 Å². The summed E-state index contributed by atoms with van der Waals surface area (Å²) in [5.74, 6) is 2.67. The van der Waals surface area contributed by atoms with E-state index in [0.717, 1.165) is 35.7 Å². The number of halogens is 1. The van der Waals surface area contributed by atoms with Crippen molar-refractivity contribution in [2.24, 2.45) is 0 Å². The summed E-state index contributed by atoms with van der Waals surface area (Å²) in [6.07, 6.45) is 3.55. The van der Waals surface area contributed by atoms with Gasteiger partial charge < -0.3 is 13.9 Å². The second-order valence-corrected chi connectivity index (χ2v) is 5.69. The number of hydrogen-bond donors (Lipinski definition) is 0. The fourth-order valence-electron chi connectivity index (χ4n) is 2.38. The Balaban J connectivity index is 1.92. The average Bonchev–Trinajstić information content (AvgIpc) is 2.83. The molecule has 0 radical (unpaired) electrons. The van der Waals surface area contributed by atoms with Crippen LogP contribution in [0.15, 0.2) is 34.9 Å². The molecular weight excluding hydrogens is 320 g/mol. The van der Waals surface area contributed by atoms with Crippen LogP contribution in [0.2, 0.25) is 0 Å². The normalized spacial score (nSPS) is 15.7. The fraction of sp³-hybridized carbons (Fsp3) is 0.375. The standard InChI is InChI=1S/C16H17BrO3/c1-2-13-12(6-9-20-13)16(17)11-4-5-14-15(10-11)19-8-3-7-18-14/h4-6,9-10,16H,2-3,7-8H2,1H3. The average molecular weight is 337 g/mol. The predicted octanol–water partition coefficient (Wildman–Crippen LogP) is 4.49. The molecule has 0 amide bonds. The summed E-state index contributed by atoms with van der Waals surface area (Å²) in [5.41, 5.74) is 2.31. The van der Waals surface area contributed by atoms with Gasteiger partial charge in [-0.1, -0.05) is 28.9 Å². The Labute approximate surface area is 127 Å². The number of fused-ring (bicyclic) bond motifs is 1. The Bertz CT molecular complexity index is 591. The van der Waals surface area contributed by atoms with Crippen molar-refractivity contribution in [3.8, 4) is 11.5 Å². The van der Waals surface area contributed by atoms with Crippen molar-refractivity contribution in [1.82, 2.24) is 0 Å². The molecule has 106 valence electrons. The van der Waals surface area contributed by atoms with Crippen LogP contribution in [0.3, 0.4) is 0 Å². The molecule has 20 heavy (non-hydrogen) atoms. The number of benzene rings is 1. The lowest BCUT2D eigenvalue weighted by atomic mass is 10.0. The van der Waals surface area contributed by atoms with E-state index in [1.54, 1.807) is 6.26 Å². The lowest BCUT2D eigenvalue weighted by molar-refractivity contribution is 0.297. The molecule has 1 aliphatic heterocycles. The van der Waals surface area contributed by atoms with Gasteiger partial charge in [0.1, 0.15) is 5.76 Å². The van der Waals surface area contributed by atoms with Crippen LogP contribution in [0.4, 0.5) is 0 Å². The van der Waals surface area contributed by atoms with Gasteiger partial charge >= 0.3 is 0 Å². The highest BCUT2D eigenvalue weighted by Gasteiger charge is 2.19. The molecular formula is C16H17BrO3. The van der Waals surface area contributed by atoms with Crippen LogP contribution in [-0.2, 0) is 6.42 Å². The van der Waals surface area contributed by atoms with Crippen LogP contribution in [0, 0.1) is 0 Å². The van der Waals surface area contributed by atoms with Gasteiger partial charge in [0.05, 0.1) is 24.3 Å². The minimum absolute atomic E-state index is 0.105. The maximum Gasteiger partial charge on any atom is 0.161 e. The minimum atomic E-state index is 0.105. The zero-order chi connectivity index (χ0) is 13.9. The van der Waals surface area contributed by atoms with E-state index in [0.29, 0.717) is 13.2 Å². The molecule has 0 spiro atoms. The van der Waals surface area contributed by atoms with Gasteiger partial charge in [0.15, 0.2) is 11.5 Å². The van der Waals surface area contributed by atoms with Gasteiger partial charge in [0, 0.05) is 18.4 Å². The number of ether oxygens (including phenoxy) is 2.